The van der Waals surface area contributed by atoms with Crippen molar-refractivity contribution in [2.24, 2.45) is 7.05 Å². The lowest BCUT2D eigenvalue weighted by molar-refractivity contribution is -0.129. The number of hydrogen-bond donors (Lipinski definition) is 1. The smallest absolute Gasteiger partial charge is 0.219 e. The fraction of sp³-hybridized carbons (Fsp3) is 0.733. The number of rotatable bonds is 3. The Morgan fingerprint density at radius 2 is 1.95 bits per heavy atom. The number of nitrogens with one attached hydrogen (secondary N) is 1. The summed E-state index contributed by atoms with van der Waals surface area (Å²) in [5.41, 5.74) is 3.64. The van der Waals surface area contributed by atoms with E-state index in [1.165, 1.54) is 11.3 Å². The number of likely N-dealkylation sites (tertiary alicyclic amines) is 1. The second kappa shape index (κ2) is 5.95. The summed E-state index contributed by atoms with van der Waals surface area (Å²) in [7, 11) is 1.99. The SMILES string of the molecule is CC(=O)N1CCC(NC(C)c2c(C)nn(C)c2C)CC1. The maximum atomic E-state index is 11.3. The number of piperidine rings is 1. The van der Waals surface area contributed by atoms with Crippen molar-refractivity contribution < 1.29 is 4.79 Å². The highest BCUT2D eigenvalue weighted by molar-refractivity contribution is 5.73. The number of aromatic nitrogens is 2. The average molecular weight is 278 g/mol. The Morgan fingerprint density at radius 3 is 2.40 bits per heavy atom. The molecule has 5 heteroatoms. The Bertz CT molecular complexity index is 486. The van der Waals surface area contributed by atoms with Gasteiger partial charge in [0.1, 0.15) is 0 Å². The van der Waals surface area contributed by atoms with Crippen LogP contribution in [-0.4, -0.2) is 39.7 Å². The van der Waals surface area contributed by atoms with Gasteiger partial charge in [-0.2, -0.15) is 5.10 Å². The second-order valence-corrected chi connectivity index (χ2v) is 5.88. The lowest BCUT2D eigenvalue weighted by atomic mass is 10.0. The number of carbonyl (C=O) groups excluding carboxylic acids is 1. The number of hydrogen-bond acceptors (Lipinski definition) is 3. The molecule has 0 bridgehead atoms. The third kappa shape index (κ3) is 3.03. The zero-order valence-corrected chi connectivity index (χ0v) is 13.2. The van der Waals surface area contributed by atoms with Crippen molar-refractivity contribution in [1.29, 1.82) is 0 Å². The van der Waals surface area contributed by atoms with Gasteiger partial charge in [-0.05, 0) is 33.6 Å². The fourth-order valence-electron chi connectivity index (χ4n) is 3.21. The lowest BCUT2D eigenvalue weighted by Crippen LogP contribution is -2.44. The monoisotopic (exact) mass is 278 g/mol. The first-order chi connectivity index (χ1) is 9.40. The Kier molecular flexibility index (Phi) is 4.48. The van der Waals surface area contributed by atoms with E-state index in [0.29, 0.717) is 12.1 Å². The highest BCUT2D eigenvalue weighted by Crippen LogP contribution is 2.23. The third-order valence-corrected chi connectivity index (χ3v) is 4.42. The van der Waals surface area contributed by atoms with Gasteiger partial charge in [-0.3, -0.25) is 9.48 Å². The van der Waals surface area contributed by atoms with E-state index < -0.39 is 0 Å². The van der Waals surface area contributed by atoms with Crippen LogP contribution in [0.15, 0.2) is 0 Å². The summed E-state index contributed by atoms with van der Waals surface area (Å²) < 4.78 is 1.95. The molecule has 1 aliphatic rings. The molecule has 20 heavy (non-hydrogen) atoms. The van der Waals surface area contributed by atoms with Crippen LogP contribution in [-0.2, 0) is 11.8 Å². The molecule has 0 aliphatic carbocycles. The van der Waals surface area contributed by atoms with Crippen LogP contribution in [0.4, 0.5) is 0 Å². The molecule has 1 aromatic heterocycles. The minimum absolute atomic E-state index is 0.190. The Balaban J connectivity index is 1.96. The molecule has 2 rings (SSSR count). The van der Waals surface area contributed by atoms with Crippen LogP contribution in [0.3, 0.4) is 0 Å². The number of nitrogens with zero attached hydrogens (tertiary/aromatic N) is 3. The summed E-state index contributed by atoms with van der Waals surface area (Å²) in [5, 5.41) is 8.18. The van der Waals surface area contributed by atoms with Gasteiger partial charge < -0.3 is 10.2 Å². The van der Waals surface area contributed by atoms with Crippen LogP contribution < -0.4 is 5.32 Å². The van der Waals surface area contributed by atoms with Crippen molar-refractivity contribution >= 4 is 5.91 Å². The van der Waals surface area contributed by atoms with E-state index in [0.717, 1.165) is 31.6 Å². The predicted molar refractivity (Wildman–Crippen MR) is 79.5 cm³/mol. The van der Waals surface area contributed by atoms with Crippen molar-refractivity contribution in [1.82, 2.24) is 20.0 Å². The zero-order chi connectivity index (χ0) is 14.9. The first-order valence-electron chi connectivity index (χ1n) is 7.41. The summed E-state index contributed by atoms with van der Waals surface area (Å²) in [4.78, 5) is 13.3. The minimum Gasteiger partial charge on any atom is -0.343 e. The molecule has 1 N–H and O–H groups in total. The molecule has 0 radical (unpaired) electrons. The zero-order valence-electron chi connectivity index (χ0n) is 13.2. The molecular weight excluding hydrogens is 252 g/mol. The Hall–Kier alpha value is -1.36. The van der Waals surface area contributed by atoms with Crippen molar-refractivity contribution in [3.8, 4) is 0 Å². The van der Waals surface area contributed by atoms with Gasteiger partial charge in [-0.1, -0.05) is 0 Å². The van der Waals surface area contributed by atoms with Gasteiger partial charge >= 0.3 is 0 Å². The maximum absolute atomic E-state index is 11.3. The molecular formula is C15H26N4O. The van der Waals surface area contributed by atoms with E-state index >= 15 is 0 Å². The van der Waals surface area contributed by atoms with Crippen LogP contribution in [0.25, 0.3) is 0 Å². The number of amides is 1. The van der Waals surface area contributed by atoms with Crippen LogP contribution in [0.1, 0.15) is 49.7 Å². The number of carbonyl (C=O) groups is 1. The summed E-state index contributed by atoms with van der Waals surface area (Å²) in [6, 6.07) is 0.789. The van der Waals surface area contributed by atoms with E-state index in [1.54, 1.807) is 6.92 Å². The average Bonchev–Trinajstić information content (AvgIpc) is 2.63. The molecule has 2 heterocycles. The molecule has 1 saturated heterocycles. The Labute approximate surface area is 121 Å². The summed E-state index contributed by atoms with van der Waals surface area (Å²) in [6.45, 7) is 9.77. The molecule has 1 aromatic rings. The third-order valence-electron chi connectivity index (χ3n) is 4.42. The summed E-state index contributed by atoms with van der Waals surface area (Å²) in [5.74, 6) is 0.190. The maximum Gasteiger partial charge on any atom is 0.219 e. The molecule has 1 atom stereocenters. The van der Waals surface area contributed by atoms with Gasteiger partial charge in [0, 0.05) is 50.4 Å². The predicted octanol–water partition coefficient (Wildman–Crippen LogP) is 1.70. The van der Waals surface area contributed by atoms with Crippen molar-refractivity contribution in [2.75, 3.05) is 13.1 Å². The molecule has 112 valence electrons. The van der Waals surface area contributed by atoms with Gasteiger partial charge in [0.25, 0.3) is 0 Å². The van der Waals surface area contributed by atoms with E-state index in [1.807, 2.05) is 16.6 Å². The highest BCUT2D eigenvalue weighted by Gasteiger charge is 2.24. The lowest BCUT2D eigenvalue weighted by Gasteiger charge is -2.33. The largest absolute Gasteiger partial charge is 0.343 e. The quantitative estimate of drug-likeness (QED) is 0.915. The normalized spacial score (nSPS) is 18.4. The van der Waals surface area contributed by atoms with E-state index in [-0.39, 0.29) is 5.91 Å². The molecule has 1 unspecified atom stereocenters. The molecule has 1 fully saturated rings. The standard InChI is InChI=1S/C15H26N4O/c1-10(15-11(2)17-18(5)12(15)3)16-14-6-8-19(9-7-14)13(4)20/h10,14,16H,6-9H2,1-5H3. The number of aryl methyl sites for hydroxylation is 2. The van der Waals surface area contributed by atoms with E-state index in [2.05, 4.69) is 31.2 Å². The second-order valence-electron chi connectivity index (χ2n) is 5.88. The van der Waals surface area contributed by atoms with Crippen molar-refractivity contribution in [3.05, 3.63) is 17.0 Å². The molecule has 1 amide bonds. The van der Waals surface area contributed by atoms with E-state index in [4.69, 9.17) is 0 Å². The van der Waals surface area contributed by atoms with Gasteiger partial charge in [0.2, 0.25) is 5.91 Å². The van der Waals surface area contributed by atoms with Crippen LogP contribution in [0.5, 0.6) is 0 Å². The fourth-order valence-corrected chi connectivity index (χ4v) is 3.21. The summed E-state index contributed by atoms with van der Waals surface area (Å²) in [6.07, 6.45) is 2.06. The Morgan fingerprint density at radius 1 is 1.35 bits per heavy atom. The van der Waals surface area contributed by atoms with E-state index in [9.17, 15) is 4.79 Å². The molecule has 0 saturated carbocycles. The first-order valence-corrected chi connectivity index (χ1v) is 7.41. The van der Waals surface area contributed by atoms with Gasteiger partial charge in [-0.15, -0.1) is 0 Å². The molecule has 1 aliphatic heterocycles. The summed E-state index contributed by atoms with van der Waals surface area (Å²) >= 11 is 0. The molecule has 0 aromatic carbocycles. The van der Waals surface area contributed by atoms with Crippen LogP contribution >= 0.6 is 0 Å². The van der Waals surface area contributed by atoms with Gasteiger partial charge in [0.15, 0.2) is 0 Å². The molecule has 5 nitrogen and oxygen atoms in total. The van der Waals surface area contributed by atoms with Crippen molar-refractivity contribution in [2.45, 2.75) is 52.6 Å². The molecule has 0 spiro atoms. The first kappa shape index (κ1) is 15.0. The topological polar surface area (TPSA) is 50.2 Å². The minimum atomic E-state index is 0.190. The van der Waals surface area contributed by atoms with Gasteiger partial charge in [0.05, 0.1) is 5.69 Å². The van der Waals surface area contributed by atoms with Crippen LogP contribution in [0.2, 0.25) is 0 Å². The van der Waals surface area contributed by atoms with Crippen LogP contribution in [0, 0.1) is 13.8 Å². The highest BCUT2D eigenvalue weighted by atomic mass is 16.2. The van der Waals surface area contributed by atoms with Gasteiger partial charge in [-0.25, -0.2) is 0 Å². The van der Waals surface area contributed by atoms with Crippen molar-refractivity contribution in [3.63, 3.8) is 0 Å².